The molecule has 1 atom stereocenters. The number of hydrogen-bond acceptors (Lipinski definition) is 3. The number of amides is 1. The zero-order valence-electron chi connectivity index (χ0n) is 11.0. The second-order valence-electron chi connectivity index (χ2n) is 4.74. The standard InChI is InChI=1S/C14H17F2NO2S/c15-12-4-3-11(8-13(12)16)20-7-5-14(19)17-6-1-2-10(17)9-18/h3-4,8,10,18H,1-2,5-7,9H2/t10-/m1/s1. The molecular formula is C14H17F2NO2S. The molecule has 1 aromatic carbocycles. The molecule has 1 aromatic rings. The van der Waals surface area contributed by atoms with Gasteiger partial charge < -0.3 is 10.0 Å². The van der Waals surface area contributed by atoms with Crippen molar-refractivity contribution >= 4 is 17.7 Å². The van der Waals surface area contributed by atoms with E-state index >= 15 is 0 Å². The van der Waals surface area contributed by atoms with Crippen LogP contribution in [0.15, 0.2) is 23.1 Å². The van der Waals surface area contributed by atoms with Gasteiger partial charge in [-0.1, -0.05) is 0 Å². The Morgan fingerprint density at radius 1 is 1.40 bits per heavy atom. The maximum atomic E-state index is 13.0. The van der Waals surface area contributed by atoms with Gasteiger partial charge in [0, 0.05) is 23.6 Å². The van der Waals surface area contributed by atoms with Crippen LogP contribution in [-0.2, 0) is 4.79 Å². The molecule has 1 fully saturated rings. The van der Waals surface area contributed by atoms with Crippen LogP contribution in [0.3, 0.4) is 0 Å². The third-order valence-electron chi connectivity index (χ3n) is 3.38. The van der Waals surface area contributed by atoms with Crippen LogP contribution in [0.5, 0.6) is 0 Å². The van der Waals surface area contributed by atoms with Gasteiger partial charge in [0.15, 0.2) is 11.6 Å². The van der Waals surface area contributed by atoms with Crippen LogP contribution < -0.4 is 0 Å². The minimum absolute atomic E-state index is 0.00204. The first-order chi connectivity index (χ1) is 9.61. The maximum absolute atomic E-state index is 13.0. The van der Waals surface area contributed by atoms with E-state index in [9.17, 15) is 13.6 Å². The minimum atomic E-state index is -0.874. The van der Waals surface area contributed by atoms with Gasteiger partial charge in [0.25, 0.3) is 0 Å². The first-order valence-electron chi connectivity index (χ1n) is 6.60. The molecule has 2 rings (SSSR count). The summed E-state index contributed by atoms with van der Waals surface area (Å²) in [6.07, 6.45) is 2.10. The van der Waals surface area contributed by atoms with Gasteiger partial charge in [0.1, 0.15) is 0 Å². The zero-order valence-corrected chi connectivity index (χ0v) is 11.8. The van der Waals surface area contributed by atoms with Crippen molar-refractivity contribution < 1.29 is 18.7 Å². The molecule has 0 unspecified atom stereocenters. The van der Waals surface area contributed by atoms with Crippen molar-refractivity contribution in [3.05, 3.63) is 29.8 Å². The van der Waals surface area contributed by atoms with Crippen molar-refractivity contribution in [2.75, 3.05) is 18.9 Å². The van der Waals surface area contributed by atoms with E-state index in [2.05, 4.69) is 0 Å². The van der Waals surface area contributed by atoms with E-state index in [-0.39, 0.29) is 18.6 Å². The molecule has 3 nitrogen and oxygen atoms in total. The summed E-state index contributed by atoms with van der Waals surface area (Å²) in [4.78, 5) is 14.3. The zero-order chi connectivity index (χ0) is 14.5. The normalized spacial score (nSPS) is 18.6. The molecule has 1 N–H and O–H groups in total. The Labute approximate surface area is 121 Å². The number of thioether (sulfide) groups is 1. The van der Waals surface area contributed by atoms with Gasteiger partial charge in [-0.2, -0.15) is 0 Å². The quantitative estimate of drug-likeness (QED) is 0.849. The fraction of sp³-hybridized carbons (Fsp3) is 0.500. The smallest absolute Gasteiger partial charge is 0.223 e. The number of rotatable bonds is 5. The number of carbonyl (C=O) groups excluding carboxylic acids is 1. The largest absolute Gasteiger partial charge is 0.394 e. The van der Waals surface area contributed by atoms with Crippen molar-refractivity contribution in [3.8, 4) is 0 Å². The monoisotopic (exact) mass is 301 g/mol. The van der Waals surface area contributed by atoms with Crippen LogP contribution in [0.4, 0.5) is 8.78 Å². The van der Waals surface area contributed by atoms with Crippen LogP contribution in [0.1, 0.15) is 19.3 Å². The number of benzene rings is 1. The van der Waals surface area contributed by atoms with Gasteiger partial charge in [-0.05, 0) is 31.0 Å². The van der Waals surface area contributed by atoms with Gasteiger partial charge in [-0.3, -0.25) is 4.79 Å². The van der Waals surface area contributed by atoms with E-state index in [0.717, 1.165) is 25.0 Å². The van der Waals surface area contributed by atoms with Gasteiger partial charge in [0.2, 0.25) is 5.91 Å². The maximum Gasteiger partial charge on any atom is 0.223 e. The Balaban J connectivity index is 1.80. The minimum Gasteiger partial charge on any atom is -0.394 e. The summed E-state index contributed by atoms with van der Waals surface area (Å²) in [7, 11) is 0. The number of carbonyl (C=O) groups is 1. The fourth-order valence-electron chi connectivity index (χ4n) is 2.32. The lowest BCUT2D eigenvalue weighted by Gasteiger charge is -2.22. The molecule has 1 aliphatic heterocycles. The highest BCUT2D eigenvalue weighted by Crippen LogP contribution is 2.23. The lowest BCUT2D eigenvalue weighted by atomic mass is 10.2. The van der Waals surface area contributed by atoms with E-state index in [0.29, 0.717) is 23.6 Å². The summed E-state index contributed by atoms with van der Waals surface area (Å²) in [5, 5.41) is 9.17. The molecule has 0 aromatic heterocycles. The molecule has 0 aliphatic carbocycles. The second-order valence-corrected chi connectivity index (χ2v) is 5.91. The first kappa shape index (κ1) is 15.3. The lowest BCUT2D eigenvalue weighted by Crippen LogP contribution is -2.37. The Kier molecular flexibility index (Phi) is 5.37. The highest BCUT2D eigenvalue weighted by Gasteiger charge is 2.27. The number of halogens is 2. The Morgan fingerprint density at radius 3 is 2.90 bits per heavy atom. The molecule has 0 bridgehead atoms. The molecule has 110 valence electrons. The molecule has 0 spiro atoms. The molecule has 1 saturated heterocycles. The summed E-state index contributed by atoms with van der Waals surface area (Å²) in [6, 6.07) is 3.66. The molecule has 1 heterocycles. The first-order valence-corrected chi connectivity index (χ1v) is 7.58. The van der Waals surface area contributed by atoms with Crippen molar-refractivity contribution in [1.29, 1.82) is 0 Å². The van der Waals surface area contributed by atoms with Crippen molar-refractivity contribution in [2.45, 2.75) is 30.2 Å². The van der Waals surface area contributed by atoms with Gasteiger partial charge >= 0.3 is 0 Å². The predicted octanol–water partition coefficient (Wildman–Crippen LogP) is 2.43. The molecule has 20 heavy (non-hydrogen) atoms. The summed E-state index contributed by atoms with van der Waals surface area (Å²) < 4.78 is 25.8. The second kappa shape index (κ2) is 7.04. The number of likely N-dealkylation sites (tertiary alicyclic amines) is 1. The van der Waals surface area contributed by atoms with E-state index in [1.165, 1.54) is 17.8 Å². The van der Waals surface area contributed by atoms with Gasteiger partial charge in [-0.15, -0.1) is 11.8 Å². The van der Waals surface area contributed by atoms with Crippen LogP contribution in [0.2, 0.25) is 0 Å². The fourth-order valence-corrected chi connectivity index (χ4v) is 3.18. The van der Waals surface area contributed by atoms with E-state index < -0.39 is 11.6 Å². The van der Waals surface area contributed by atoms with Gasteiger partial charge in [-0.25, -0.2) is 8.78 Å². The van der Waals surface area contributed by atoms with Crippen molar-refractivity contribution in [1.82, 2.24) is 4.90 Å². The Bertz CT molecular complexity index is 484. The van der Waals surface area contributed by atoms with Crippen LogP contribution in [0.25, 0.3) is 0 Å². The van der Waals surface area contributed by atoms with E-state index in [1.54, 1.807) is 4.90 Å². The van der Waals surface area contributed by atoms with E-state index in [1.807, 2.05) is 0 Å². The van der Waals surface area contributed by atoms with Crippen molar-refractivity contribution in [2.24, 2.45) is 0 Å². The number of aliphatic hydroxyl groups is 1. The lowest BCUT2D eigenvalue weighted by molar-refractivity contribution is -0.132. The van der Waals surface area contributed by atoms with Crippen molar-refractivity contribution in [3.63, 3.8) is 0 Å². The highest BCUT2D eigenvalue weighted by atomic mass is 32.2. The molecule has 1 aliphatic rings. The summed E-state index contributed by atoms with van der Waals surface area (Å²) in [5.41, 5.74) is 0. The topological polar surface area (TPSA) is 40.5 Å². The molecular weight excluding hydrogens is 284 g/mol. The highest BCUT2D eigenvalue weighted by molar-refractivity contribution is 7.99. The third kappa shape index (κ3) is 3.70. The Morgan fingerprint density at radius 2 is 2.20 bits per heavy atom. The molecule has 1 amide bonds. The molecule has 0 radical (unpaired) electrons. The number of nitrogens with zero attached hydrogens (tertiary/aromatic N) is 1. The third-order valence-corrected chi connectivity index (χ3v) is 4.38. The molecule has 0 saturated carbocycles. The number of aliphatic hydroxyl groups excluding tert-OH is 1. The van der Waals surface area contributed by atoms with Crippen LogP contribution in [-0.4, -0.2) is 40.9 Å². The van der Waals surface area contributed by atoms with E-state index in [4.69, 9.17) is 5.11 Å². The molecule has 6 heteroatoms. The SMILES string of the molecule is O=C(CCSc1ccc(F)c(F)c1)N1CCC[C@@H]1CO. The number of hydrogen-bond donors (Lipinski definition) is 1. The predicted molar refractivity (Wildman–Crippen MR) is 73.5 cm³/mol. The summed E-state index contributed by atoms with van der Waals surface area (Å²) in [6.45, 7) is 0.696. The Hall–Kier alpha value is -1.14. The van der Waals surface area contributed by atoms with Crippen LogP contribution in [0, 0.1) is 11.6 Å². The average Bonchev–Trinajstić information content (AvgIpc) is 2.91. The summed E-state index contributed by atoms with van der Waals surface area (Å²) in [5.74, 6) is -1.22. The van der Waals surface area contributed by atoms with Gasteiger partial charge in [0.05, 0.1) is 12.6 Å². The summed E-state index contributed by atoms with van der Waals surface area (Å²) >= 11 is 1.32. The van der Waals surface area contributed by atoms with Crippen LogP contribution >= 0.6 is 11.8 Å². The average molecular weight is 301 g/mol.